The molecule has 3 aromatic rings. The van der Waals surface area contributed by atoms with E-state index in [9.17, 15) is 10.2 Å². The minimum absolute atomic E-state index is 0. The van der Waals surface area contributed by atoms with Crippen molar-refractivity contribution in [3.8, 4) is 22.8 Å². The van der Waals surface area contributed by atoms with Crippen molar-refractivity contribution < 1.29 is 27.0 Å². The Morgan fingerprint density at radius 2 is 1.55 bits per heavy atom. The lowest BCUT2D eigenvalue weighted by Gasteiger charge is -1.99. The Morgan fingerprint density at radius 1 is 0.900 bits per heavy atom. The Morgan fingerprint density at radius 3 is 2.25 bits per heavy atom. The van der Waals surface area contributed by atoms with E-state index in [4.69, 9.17) is 4.42 Å². The van der Waals surface area contributed by atoms with Gasteiger partial charge in [-0.15, -0.1) is 0 Å². The monoisotopic (exact) mass is 288 g/mol. The van der Waals surface area contributed by atoms with Gasteiger partial charge in [-0.3, -0.25) is 0 Å². The van der Waals surface area contributed by atoms with E-state index in [1.165, 1.54) is 12.1 Å². The highest BCUT2D eigenvalue weighted by atomic mass is 35.5. The summed E-state index contributed by atoms with van der Waals surface area (Å²) in [5.41, 5.74) is 2.50. The van der Waals surface area contributed by atoms with Crippen LogP contribution in [0.5, 0.6) is 11.5 Å². The van der Waals surface area contributed by atoms with Crippen LogP contribution in [0.15, 0.2) is 52.9 Å². The lowest BCUT2D eigenvalue weighted by Crippen LogP contribution is -3.00. The first kappa shape index (κ1) is 14.2. The van der Waals surface area contributed by atoms with Crippen molar-refractivity contribution in [1.82, 2.24) is 0 Å². The van der Waals surface area contributed by atoms with E-state index in [1.807, 2.05) is 43.3 Å². The van der Waals surface area contributed by atoms with E-state index in [-0.39, 0.29) is 23.9 Å². The molecule has 0 spiro atoms. The number of aromatic hydroxyl groups is 2. The van der Waals surface area contributed by atoms with Crippen LogP contribution >= 0.6 is 0 Å². The van der Waals surface area contributed by atoms with E-state index in [2.05, 4.69) is 0 Å². The third kappa shape index (κ3) is 2.40. The van der Waals surface area contributed by atoms with Crippen LogP contribution in [0, 0.1) is 6.92 Å². The summed E-state index contributed by atoms with van der Waals surface area (Å²) < 4.78 is 5.79. The summed E-state index contributed by atoms with van der Waals surface area (Å²) in [5.74, 6) is 0.412. The van der Waals surface area contributed by atoms with Crippen LogP contribution in [-0.4, -0.2) is 10.2 Å². The fourth-order valence-electron chi connectivity index (χ4n) is 2.12. The fourth-order valence-corrected chi connectivity index (χ4v) is 2.12. The van der Waals surface area contributed by atoms with Crippen molar-refractivity contribution in [2.45, 2.75) is 6.92 Å². The van der Waals surface area contributed by atoms with Crippen molar-refractivity contribution in [3.05, 3.63) is 54.1 Å². The molecule has 2 N–H and O–H groups in total. The summed E-state index contributed by atoms with van der Waals surface area (Å²) >= 11 is 0. The zero-order valence-electron chi connectivity index (χ0n) is 10.8. The normalized spacial score (nSPS) is 10.2. The number of phenols is 2. The van der Waals surface area contributed by atoms with Gasteiger partial charge in [-0.1, -0.05) is 18.2 Å². The molecule has 4 heteroatoms. The number of benzene rings is 2. The maximum Gasteiger partial charge on any atom is 0.365 e. The van der Waals surface area contributed by atoms with Crippen LogP contribution in [0.2, 0.25) is 0 Å². The number of halogens is 1. The lowest BCUT2D eigenvalue weighted by atomic mass is 10.1. The Kier molecular flexibility index (Phi) is 3.81. The summed E-state index contributed by atoms with van der Waals surface area (Å²) in [6.45, 7) is 1.95. The van der Waals surface area contributed by atoms with Crippen LogP contribution in [0.4, 0.5) is 0 Å². The molecule has 20 heavy (non-hydrogen) atoms. The molecule has 3 nitrogen and oxygen atoms in total. The van der Waals surface area contributed by atoms with E-state index < -0.39 is 0 Å². The van der Waals surface area contributed by atoms with Crippen molar-refractivity contribution >= 4 is 11.0 Å². The van der Waals surface area contributed by atoms with Crippen molar-refractivity contribution in [2.24, 2.45) is 0 Å². The van der Waals surface area contributed by atoms with Crippen molar-refractivity contribution in [3.63, 3.8) is 0 Å². The largest absolute Gasteiger partial charge is 1.00 e. The van der Waals surface area contributed by atoms with Gasteiger partial charge >= 0.3 is 11.3 Å². The molecule has 0 saturated heterocycles. The molecular formula is C16H13ClO3. The zero-order chi connectivity index (χ0) is 13.4. The van der Waals surface area contributed by atoms with Gasteiger partial charge < -0.3 is 22.6 Å². The molecule has 0 bridgehead atoms. The molecule has 0 aliphatic heterocycles. The first-order valence-corrected chi connectivity index (χ1v) is 6.00. The van der Waals surface area contributed by atoms with Crippen LogP contribution in [0.25, 0.3) is 22.3 Å². The van der Waals surface area contributed by atoms with Gasteiger partial charge in [-0.25, -0.2) is 4.42 Å². The van der Waals surface area contributed by atoms with Gasteiger partial charge in [0.1, 0.15) is 0 Å². The van der Waals surface area contributed by atoms with Gasteiger partial charge in [0.25, 0.3) is 0 Å². The highest BCUT2D eigenvalue weighted by Gasteiger charge is 2.19. The van der Waals surface area contributed by atoms with Gasteiger partial charge in [0.15, 0.2) is 11.5 Å². The molecule has 0 amide bonds. The quantitative estimate of drug-likeness (QED) is 0.521. The molecule has 1 aromatic heterocycles. The standard InChI is InChI=1S/C16H12O3.ClH/c1-10-7-15(11-5-3-2-4-6-11)19-16-9-14(18)13(17)8-12(10)16;/h2-9H,1H3,(H-,17,18);1H. The van der Waals surface area contributed by atoms with Crippen molar-refractivity contribution in [1.29, 1.82) is 0 Å². The van der Waals surface area contributed by atoms with Gasteiger partial charge in [0, 0.05) is 12.1 Å². The van der Waals surface area contributed by atoms with Gasteiger partial charge in [-0.05, 0) is 24.6 Å². The molecule has 0 radical (unpaired) electrons. The summed E-state index contributed by atoms with van der Waals surface area (Å²) in [6.07, 6.45) is 0. The second-order valence-corrected chi connectivity index (χ2v) is 4.50. The number of phenolic OH excluding ortho intramolecular Hbond substituents is 2. The Bertz CT molecular complexity index is 755. The van der Waals surface area contributed by atoms with E-state index in [0.29, 0.717) is 5.58 Å². The highest BCUT2D eigenvalue weighted by Crippen LogP contribution is 2.34. The van der Waals surface area contributed by atoms with Crippen LogP contribution in [-0.2, 0) is 0 Å². The summed E-state index contributed by atoms with van der Waals surface area (Å²) in [5, 5.41) is 19.9. The second kappa shape index (κ2) is 5.39. The van der Waals surface area contributed by atoms with Crippen LogP contribution < -0.4 is 12.4 Å². The molecule has 0 atom stereocenters. The molecule has 0 saturated carbocycles. The number of aryl methyl sites for hydroxylation is 1. The van der Waals surface area contributed by atoms with Crippen molar-refractivity contribution in [2.75, 3.05) is 0 Å². The summed E-state index contributed by atoms with van der Waals surface area (Å²) in [7, 11) is 0. The SMILES string of the molecule is Cc1cc(-c2ccccc2)[o+]c2cc(O)c(O)cc12.[Cl-]. The first-order chi connectivity index (χ1) is 9.15. The topological polar surface area (TPSA) is 51.8 Å². The molecule has 102 valence electrons. The number of hydrogen-bond acceptors (Lipinski definition) is 2. The second-order valence-electron chi connectivity index (χ2n) is 4.50. The Labute approximate surface area is 122 Å². The molecule has 0 unspecified atom stereocenters. The molecule has 2 aromatic carbocycles. The van der Waals surface area contributed by atoms with E-state index in [0.717, 1.165) is 22.3 Å². The smallest absolute Gasteiger partial charge is 0.365 e. The minimum atomic E-state index is -0.180. The highest BCUT2D eigenvalue weighted by molar-refractivity contribution is 5.85. The van der Waals surface area contributed by atoms with Gasteiger partial charge in [0.05, 0.1) is 17.0 Å². The number of rotatable bonds is 1. The number of fused-ring (bicyclic) bond motifs is 1. The van der Waals surface area contributed by atoms with Crippen LogP contribution in [0.1, 0.15) is 5.56 Å². The minimum Gasteiger partial charge on any atom is -1.00 e. The molecule has 3 rings (SSSR count). The van der Waals surface area contributed by atoms with E-state index >= 15 is 0 Å². The average Bonchev–Trinajstić information content (AvgIpc) is 2.42. The Hall–Kier alpha value is -2.26. The molecule has 1 heterocycles. The molecule has 0 aliphatic rings. The maximum absolute atomic E-state index is 9.56. The van der Waals surface area contributed by atoms with Gasteiger partial charge in [0.2, 0.25) is 0 Å². The Balaban J connectivity index is 0.00000147. The average molecular weight is 289 g/mol. The van der Waals surface area contributed by atoms with Crippen LogP contribution in [0.3, 0.4) is 0 Å². The third-order valence-corrected chi connectivity index (χ3v) is 3.13. The van der Waals surface area contributed by atoms with Gasteiger partial charge in [-0.2, -0.15) is 0 Å². The summed E-state index contributed by atoms with van der Waals surface area (Å²) in [4.78, 5) is 0. The molecule has 0 fully saturated rings. The van der Waals surface area contributed by atoms with E-state index in [1.54, 1.807) is 0 Å². The summed E-state index contributed by atoms with van der Waals surface area (Å²) in [6, 6.07) is 14.6. The lowest BCUT2D eigenvalue weighted by molar-refractivity contribution is -0.00000610. The maximum atomic E-state index is 9.56. The predicted molar refractivity (Wildman–Crippen MR) is 74.1 cm³/mol. The first-order valence-electron chi connectivity index (χ1n) is 6.00. The fraction of sp³-hybridized carbons (Fsp3) is 0.0625. The number of hydrogen-bond donors (Lipinski definition) is 2. The predicted octanol–water partition coefficient (Wildman–Crippen LogP) is 1.10. The zero-order valence-corrected chi connectivity index (χ0v) is 11.6. The molecule has 0 aliphatic carbocycles. The third-order valence-electron chi connectivity index (χ3n) is 3.13. The molecular weight excluding hydrogens is 276 g/mol.